The third-order valence-corrected chi connectivity index (χ3v) is 3.98. The quantitative estimate of drug-likeness (QED) is 0.891. The molecule has 4 nitrogen and oxygen atoms in total. The molecule has 1 aliphatic rings. The van der Waals surface area contributed by atoms with Gasteiger partial charge in [-0.15, -0.1) is 12.4 Å². The maximum absolute atomic E-state index is 14.5. The largest absolute Gasteiger partial charge is 0.497 e. The van der Waals surface area contributed by atoms with E-state index < -0.39 is 0 Å². The summed E-state index contributed by atoms with van der Waals surface area (Å²) in [6.45, 7) is 1.43. The molecule has 3 rings (SSSR count). The van der Waals surface area contributed by atoms with Crippen LogP contribution in [0.3, 0.4) is 0 Å². The van der Waals surface area contributed by atoms with Crippen LogP contribution >= 0.6 is 12.4 Å². The van der Waals surface area contributed by atoms with Crippen LogP contribution in [0.15, 0.2) is 36.4 Å². The van der Waals surface area contributed by atoms with Crippen LogP contribution in [0.5, 0.6) is 5.75 Å². The minimum Gasteiger partial charge on any atom is -0.497 e. The van der Waals surface area contributed by atoms with Crippen molar-refractivity contribution in [2.24, 2.45) is 0 Å². The van der Waals surface area contributed by atoms with Crippen LogP contribution in [0.25, 0.3) is 0 Å². The third kappa shape index (κ3) is 4.04. The van der Waals surface area contributed by atoms with E-state index in [0.29, 0.717) is 24.3 Å². The highest BCUT2D eigenvalue weighted by atomic mass is 35.5. The van der Waals surface area contributed by atoms with Gasteiger partial charge in [-0.3, -0.25) is 4.79 Å². The topological polar surface area (TPSA) is 50.4 Å². The fraction of sp³-hybridized carbons (Fsp3) is 0.278. The fourth-order valence-electron chi connectivity index (χ4n) is 2.79. The van der Waals surface area contributed by atoms with E-state index in [-0.39, 0.29) is 36.2 Å². The highest BCUT2D eigenvalue weighted by Gasteiger charge is 2.17. The maximum Gasteiger partial charge on any atom is 0.228 e. The van der Waals surface area contributed by atoms with Gasteiger partial charge in [0.15, 0.2) is 0 Å². The van der Waals surface area contributed by atoms with Crippen molar-refractivity contribution in [1.29, 1.82) is 0 Å². The Morgan fingerprint density at radius 2 is 2.17 bits per heavy atom. The monoisotopic (exact) mass is 350 g/mol. The van der Waals surface area contributed by atoms with E-state index in [1.54, 1.807) is 19.2 Å². The average Bonchev–Trinajstić information content (AvgIpc) is 2.58. The first-order valence-electron chi connectivity index (χ1n) is 7.61. The molecule has 1 aliphatic heterocycles. The van der Waals surface area contributed by atoms with Gasteiger partial charge in [0.2, 0.25) is 5.91 Å². The molecule has 0 saturated heterocycles. The summed E-state index contributed by atoms with van der Waals surface area (Å²) in [5.41, 5.74) is 2.73. The summed E-state index contributed by atoms with van der Waals surface area (Å²) < 4.78 is 19.6. The summed E-state index contributed by atoms with van der Waals surface area (Å²) in [6, 6.07) is 10.8. The second-order valence-corrected chi connectivity index (χ2v) is 5.57. The van der Waals surface area contributed by atoms with Gasteiger partial charge in [0.1, 0.15) is 11.6 Å². The van der Waals surface area contributed by atoms with Crippen molar-refractivity contribution < 1.29 is 13.9 Å². The fourth-order valence-corrected chi connectivity index (χ4v) is 2.79. The molecule has 0 unspecified atom stereocenters. The Balaban J connectivity index is 0.00000208. The van der Waals surface area contributed by atoms with E-state index in [1.165, 1.54) is 0 Å². The van der Waals surface area contributed by atoms with E-state index in [4.69, 9.17) is 4.74 Å². The maximum atomic E-state index is 14.5. The second-order valence-electron chi connectivity index (χ2n) is 5.57. The van der Waals surface area contributed by atoms with Gasteiger partial charge < -0.3 is 15.4 Å². The van der Waals surface area contributed by atoms with Gasteiger partial charge in [0.05, 0.1) is 19.2 Å². The van der Waals surface area contributed by atoms with Crippen LogP contribution in [-0.4, -0.2) is 19.6 Å². The minimum atomic E-state index is -0.317. The number of rotatable bonds is 4. The first-order chi connectivity index (χ1) is 11.2. The predicted molar refractivity (Wildman–Crippen MR) is 94.4 cm³/mol. The average molecular weight is 351 g/mol. The van der Waals surface area contributed by atoms with E-state index >= 15 is 0 Å². The number of fused-ring (bicyclic) bond motifs is 1. The number of carbonyl (C=O) groups excluding carboxylic acids is 1. The molecule has 0 aromatic heterocycles. The zero-order chi connectivity index (χ0) is 16.2. The van der Waals surface area contributed by atoms with E-state index in [0.717, 1.165) is 17.7 Å². The number of amides is 1. The molecule has 0 saturated carbocycles. The van der Waals surface area contributed by atoms with Gasteiger partial charge in [-0.05, 0) is 47.9 Å². The minimum absolute atomic E-state index is 0. The van der Waals surface area contributed by atoms with Crippen LogP contribution in [0.4, 0.5) is 10.1 Å². The standard InChI is InChI=1S/C18H19FN2O2.ClH/c1-23-14-4-2-3-12(9-14)10-17(22)21-16-6-5-13-11-20-8-7-15(13)18(16)19;/h2-6,9,20H,7-8,10-11H2,1H3,(H,21,22);1H. The number of halogens is 2. The van der Waals surface area contributed by atoms with E-state index in [9.17, 15) is 9.18 Å². The van der Waals surface area contributed by atoms with Crippen LogP contribution in [0.1, 0.15) is 16.7 Å². The van der Waals surface area contributed by atoms with Crippen LogP contribution in [0.2, 0.25) is 0 Å². The summed E-state index contributed by atoms with van der Waals surface area (Å²) in [7, 11) is 1.58. The molecular formula is C18H20ClFN2O2. The lowest BCUT2D eigenvalue weighted by Gasteiger charge is -2.19. The van der Waals surface area contributed by atoms with Gasteiger partial charge in [0.25, 0.3) is 0 Å². The second kappa shape index (κ2) is 8.13. The lowest BCUT2D eigenvalue weighted by atomic mass is 9.99. The molecule has 0 spiro atoms. The number of ether oxygens (including phenoxy) is 1. The number of anilines is 1. The molecule has 0 fully saturated rings. The zero-order valence-corrected chi connectivity index (χ0v) is 14.2. The molecule has 1 amide bonds. The Labute approximate surface area is 146 Å². The van der Waals surface area contributed by atoms with Crippen LogP contribution in [0, 0.1) is 5.82 Å². The van der Waals surface area contributed by atoms with E-state index in [1.807, 2.05) is 24.3 Å². The van der Waals surface area contributed by atoms with Gasteiger partial charge >= 0.3 is 0 Å². The predicted octanol–water partition coefficient (Wildman–Crippen LogP) is 3.08. The van der Waals surface area contributed by atoms with Crippen LogP contribution in [-0.2, 0) is 24.2 Å². The molecule has 0 bridgehead atoms. The summed E-state index contributed by atoms with van der Waals surface area (Å²) in [5.74, 6) is 0.136. The number of nitrogens with one attached hydrogen (secondary N) is 2. The molecule has 128 valence electrons. The number of hydrogen-bond acceptors (Lipinski definition) is 3. The molecular weight excluding hydrogens is 331 g/mol. The number of benzene rings is 2. The molecule has 6 heteroatoms. The van der Waals surface area contributed by atoms with Crippen molar-refractivity contribution in [1.82, 2.24) is 5.32 Å². The molecule has 2 aromatic rings. The molecule has 0 aliphatic carbocycles. The van der Waals surface area contributed by atoms with Gasteiger partial charge in [-0.2, -0.15) is 0 Å². The van der Waals surface area contributed by atoms with Crippen molar-refractivity contribution in [2.75, 3.05) is 19.0 Å². The Hall–Kier alpha value is -2.11. The highest BCUT2D eigenvalue weighted by Crippen LogP contribution is 2.24. The Morgan fingerprint density at radius 1 is 1.33 bits per heavy atom. The zero-order valence-electron chi connectivity index (χ0n) is 13.4. The number of hydrogen-bond donors (Lipinski definition) is 2. The van der Waals surface area contributed by atoms with Crippen molar-refractivity contribution in [3.8, 4) is 5.75 Å². The van der Waals surface area contributed by atoms with Crippen molar-refractivity contribution in [2.45, 2.75) is 19.4 Å². The molecule has 1 heterocycles. The third-order valence-electron chi connectivity index (χ3n) is 3.98. The molecule has 24 heavy (non-hydrogen) atoms. The SMILES string of the molecule is COc1cccc(CC(=O)Nc2ccc3c(c2F)CCNC3)c1.Cl. The smallest absolute Gasteiger partial charge is 0.228 e. The van der Waals surface area contributed by atoms with Crippen LogP contribution < -0.4 is 15.4 Å². The first kappa shape index (κ1) is 18.2. The summed E-state index contributed by atoms with van der Waals surface area (Å²) >= 11 is 0. The van der Waals surface area contributed by atoms with Crippen molar-refractivity contribution in [3.63, 3.8) is 0 Å². The lowest BCUT2D eigenvalue weighted by Crippen LogP contribution is -2.25. The molecule has 0 radical (unpaired) electrons. The normalized spacial score (nSPS) is 12.8. The Bertz CT molecular complexity index is 737. The Kier molecular flexibility index (Phi) is 6.17. The number of carbonyl (C=O) groups is 1. The Morgan fingerprint density at radius 3 is 2.96 bits per heavy atom. The van der Waals surface area contributed by atoms with Gasteiger partial charge in [-0.25, -0.2) is 4.39 Å². The number of methoxy groups -OCH3 is 1. The molecule has 0 atom stereocenters. The summed E-state index contributed by atoms with van der Waals surface area (Å²) in [6.07, 6.45) is 0.816. The summed E-state index contributed by atoms with van der Waals surface area (Å²) in [5, 5.41) is 5.88. The molecule has 2 N–H and O–H groups in total. The first-order valence-corrected chi connectivity index (χ1v) is 7.61. The van der Waals surface area contributed by atoms with Crippen molar-refractivity contribution in [3.05, 3.63) is 58.9 Å². The highest BCUT2D eigenvalue weighted by molar-refractivity contribution is 5.92. The molecule has 2 aromatic carbocycles. The summed E-state index contributed by atoms with van der Waals surface area (Å²) in [4.78, 5) is 12.2. The van der Waals surface area contributed by atoms with Gasteiger partial charge in [-0.1, -0.05) is 18.2 Å². The van der Waals surface area contributed by atoms with Gasteiger partial charge in [0, 0.05) is 6.54 Å². The van der Waals surface area contributed by atoms with E-state index in [2.05, 4.69) is 10.6 Å². The van der Waals surface area contributed by atoms with Crippen molar-refractivity contribution >= 4 is 24.0 Å². The lowest BCUT2D eigenvalue weighted by molar-refractivity contribution is -0.115.